The van der Waals surface area contributed by atoms with E-state index in [4.69, 9.17) is 27.9 Å². The molecule has 0 unspecified atom stereocenters. The highest BCUT2D eigenvalue weighted by Crippen LogP contribution is 2.28. The van der Waals surface area contributed by atoms with E-state index in [9.17, 15) is 22.4 Å². The Balaban J connectivity index is 1.82. The topological polar surface area (TPSA) is 96.0 Å². The molecule has 0 aliphatic rings. The molecule has 4 aromatic rings. The zero-order chi connectivity index (χ0) is 34.8. The molecule has 4 rings (SSSR count). The van der Waals surface area contributed by atoms with Crippen molar-refractivity contribution < 1.29 is 27.1 Å². The number of ether oxygens (including phenoxy) is 1. The number of benzene rings is 4. The van der Waals surface area contributed by atoms with Crippen LogP contribution in [-0.4, -0.2) is 50.4 Å². The van der Waals surface area contributed by atoms with Gasteiger partial charge >= 0.3 is 0 Å². The van der Waals surface area contributed by atoms with Gasteiger partial charge in [-0.1, -0.05) is 66.5 Å². The lowest BCUT2D eigenvalue weighted by molar-refractivity contribution is -0.140. The van der Waals surface area contributed by atoms with Gasteiger partial charge in [0, 0.05) is 19.0 Å². The van der Waals surface area contributed by atoms with Gasteiger partial charge in [-0.05, 0) is 92.1 Å². The van der Waals surface area contributed by atoms with Gasteiger partial charge in [-0.25, -0.2) is 12.8 Å². The summed E-state index contributed by atoms with van der Waals surface area (Å²) in [6, 6.07) is 23.5. The number of amides is 2. The largest absolute Gasteiger partial charge is 0.494 e. The average molecular weight is 715 g/mol. The summed E-state index contributed by atoms with van der Waals surface area (Å²) in [6.45, 7) is 5.28. The Bertz CT molecular complexity index is 1790. The van der Waals surface area contributed by atoms with Gasteiger partial charge in [0.05, 0.1) is 27.2 Å². The number of hydrogen-bond donors (Lipinski definition) is 1. The number of sulfonamides is 1. The van der Waals surface area contributed by atoms with Crippen molar-refractivity contribution in [2.75, 3.05) is 17.5 Å². The maximum atomic E-state index is 14.6. The van der Waals surface area contributed by atoms with Crippen molar-refractivity contribution in [3.8, 4) is 5.75 Å². The zero-order valence-electron chi connectivity index (χ0n) is 26.9. The van der Waals surface area contributed by atoms with E-state index in [2.05, 4.69) is 5.32 Å². The molecule has 2 atom stereocenters. The first kappa shape index (κ1) is 36.7. The van der Waals surface area contributed by atoms with Crippen LogP contribution >= 0.6 is 23.2 Å². The standard InChI is InChI=1S/C36H38Cl2FN3O5S/c1-4-25(3)40-36(44)34(22-26-9-7-6-8-10-26)41(23-27-11-20-32(37)33(38)21-27)35(43)24-42(29-14-16-30(17-15-29)47-5-2)48(45,46)31-18-12-28(39)13-19-31/h6-21,25,34H,4-5,22-24H2,1-3H3,(H,40,44)/t25-,34-/m0/s1. The molecule has 0 aliphatic heterocycles. The minimum atomic E-state index is -4.40. The molecule has 0 fully saturated rings. The number of hydrogen-bond acceptors (Lipinski definition) is 5. The maximum Gasteiger partial charge on any atom is 0.264 e. The first-order chi connectivity index (χ1) is 22.9. The second-order valence-electron chi connectivity index (χ2n) is 11.2. The summed E-state index contributed by atoms with van der Waals surface area (Å²) in [4.78, 5) is 29.7. The van der Waals surface area contributed by atoms with E-state index in [0.29, 0.717) is 29.4 Å². The predicted molar refractivity (Wildman–Crippen MR) is 187 cm³/mol. The van der Waals surface area contributed by atoms with Crippen LogP contribution in [0.2, 0.25) is 10.0 Å². The van der Waals surface area contributed by atoms with Crippen molar-refractivity contribution in [3.63, 3.8) is 0 Å². The van der Waals surface area contributed by atoms with E-state index in [0.717, 1.165) is 34.1 Å². The fraction of sp³-hybridized carbons (Fsp3) is 0.278. The maximum absolute atomic E-state index is 14.6. The fourth-order valence-electron chi connectivity index (χ4n) is 4.97. The zero-order valence-corrected chi connectivity index (χ0v) is 29.2. The molecule has 254 valence electrons. The lowest BCUT2D eigenvalue weighted by Gasteiger charge is -2.34. The van der Waals surface area contributed by atoms with Gasteiger partial charge in [-0.15, -0.1) is 0 Å². The van der Waals surface area contributed by atoms with Crippen LogP contribution in [0.4, 0.5) is 10.1 Å². The number of carbonyl (C=O) groups is 2. The number of anilines is 1. The molecule has 4 aromatic carbocycles. The monoisotopic (exact) mass is 713 g/mol. The van der Waals surface area contributed by atoms with Crippen molar-refractivity contribution in [1.82, 2.24) is 10.2 Å². The van der Waals surface area contributed by atoms with Crippen molar-refractivity contribution in [2.24, 2.45) is 0 Å². The third-order valence-corrected chi connectivity index (χ3v) is 10.3. The second kappa shape index (κ2) is 16.8. The van der Waals surface area contributed by atoms with Crippen molar-refractivity contribution in [2.45, 2.75) is 57.1 Å². The van der Waals surface area contributed by atoms with Crippen molar-refractivity contribution in [1.29, 1.82) is 0 Å². The summed E-state index contributed by atoms with van der Waals surface area (Å²) >= 11 is 12.5. The highest BCUT2D eigenvalue weighted by molar-refractivity contribution is 7.92. The third-order valence-electron chi connectivity index (χ3n) is 7.73. The first-order valence-corrected chi connectivity index (χ1v) is 17.7. The summed E-state index contributed by atoms with van der Waals surface area (Å²) in [6.07, 6.45) is 0.815. The van der Waals surface area contributed by atoms with Gasteiger partial charge < -0.3 is 15.0 Å². The van der Waals surface area contributed by atoms with Crippen LogP contribution in [0.3, 0.4) is 0 Å². The van der Waals surface area contributed by atoms with Gasteiger partial charge in [-0.2, -0.15) is 0 Å². The normalized spacial score (nSPS) is 12.5. The number of nitrogens with one attached hydrogen (secondary N) is 1. The molecule has 0 heterocycles. The highest BCUT2D eigenvalue weighted by Gasteiger charge is 2.35. The SMILES string of the molecule is CCOc1ccc(N(CC(=O)N(Cc2ccc(Cl)c(Cl)c2)[C@@H](Cc2ccccc2)C(=O)N[C@@H](C)CC)S(=O)(=O)c2ccc(F)cc2)cc1. The smallest absolute Gasteiger partial charge is 0.264 e. The number of carbonyl (C=O) groups excluding carboxylic acids is 2. The fourth-order valence-corrected chi connectivity index (χ4v) is 6.70. The molecule has 8 nitrogen and oxygen atoms in total. The van der Waals surface area contributed by atoms with Crippen LogP contribution < -0.4 is 14.4 Å². The predicted octanol–water partition coefficient (Wildman–Crippen LogP) is 7.28. The number of rotatable bonds is 15. The summed E-state index contributed by atoms with van der Waals surface area (Å²) in [5.41, 5.74) is 1.56. The Kier molecular flexibility index (Phi) is 12.9. The number of halogens is 3. The molecule has 2 amide bonds. The molecule has 48 heavy (non-hydrogen) atoms. The second-order valence-corrected chi connectivity index (χ2v) is 13.9. The summed E-state index contributed by atoms with van der Waals surface area (Å²) in [5, 5.41) is 3.58. The van der Waals surface area contributed by atoms with Crippen LogP contribution in [0.25, 0.3) is 0 Å². The molecular formula is C36H38Cl2FN3O5S. The molecule has 0 bridgehead atoms. The average Bonchev–Trinajstić information content (AvgIpc) is 3.07. The van der Waals surface area contributed by atoms with E-state index in [1.807, 2.05) is 51.1 Å². The van der Waals surface area contributed by atoms with Crippen LogP contribution in [-0.2, 0) is 32.6 Å². The highest BCUT2D eigenvalue weighted by atomic mass is 35.5. The minimum Gasteiger partial charge on any atom is -0.494 e. The lowest BCUT2D eigenvalue weighted by Crippen LogP contribution is -2.54. The Morgan fingerprint density at radius 3 is 2.15 bits per heavy atom. The first-order valence-electron chi connectivity index (χ1n) is 15.5. The van der Waals surface area contributed by atoms with E-state index >= 15 is 0 Å². The Morgan fingerprint density at radius 1 is 0.875 bits per heavy atom. The molecular weight excluding hydrogens is 676 g/mol. The van der Waals surface area contributed by atoms with Crippen LogP contribution in [0.5, 0.6) is 5.75 Å². The van der Waals surface area contributed by atoms with E-state index in [1.165, 1.54) is 17.0 Å². The molecule has 0 aromatic heterocycles. The molecule has 1 N–H and O–H groups in total. The molecule has 0 aliphatic carbocycles. The van der Waals surface area contributed by atoms with Crippen LogP contribution in [0.15, 0.2) is 102 Å². The van der Waals surface area contributed by atoms with Crippen LogP contribution in [0.1, 0.15) is 38.3 Å². The Morgan fingerprint density at radius 2 is 1.54 bits per heavy atom. The molecule has 12 heteroatoms. The third kappa shape index (κ3) is 9.49. The van der Waals surface area contributed by atoms with Gasteiger partial charge in [0.15, 0.2) is 0 Å². The number of nitrogens with zero attached hydrogens (tertiary/aromatic N) is 2. The summed E-state index contributed by atoms with van der Waals surface area (Å²) in [7, 11) is -4.40. The van der Waals surface area contributed by atoms with Gasteiger partial charge in [0.25, 0.3) is 10.0 Å². The molecule has 0 spiro atoms. The van der Waals surface area contributed by atoms with Gasteiger partial charge in [0.2, 0.25) is 11.8 Å². The van der Waals surface area contributed by atoms with E-state index in [-0.39, 0.29) is 34.6 Å². The summed E-state index contributed by atoms with van der Waals surface area (Å²) in [5.74, 6) is -1.14. The lowest BCUT2D eigenvalue weighted by atomic mass is 10.0. The van der Waals surface area contributed by atoms with Crippen LogP contribution in [0, 0.1) is 5.82 Å². The Labute approximate surface area is 291 Å². The molecule has 0 saturated carbocycles. The summed E-state index contributed by atoms with van der Waals surface area (Å²) < 4.78 is 48.5. The van der Waals surface area contributed by atoms with Gasteiger partial charge in [-0.3, -0.25) is 13.9 Å². The van der Waals surface area contributed by atoms with E-state index < -0.39 is 40.2 Å². The van der Waals surface area contributed by atoms with E-state index in [1.54, 1.807) is 30.3 Å². The van der Waals surface area contributed by atoms with Crippen molar-refractivity contribution >= 4 is 50.7 Å². The molecule has 0 saturated heterocycles. The minimum absolute atomic E-state index is 0.0745. The Hall–Kier alpha value is -4.12. The van der Waals surface area contributed by atoms with Crippen molar-refractivity contribution in [3.05, 3.63) is 124 Å². The quantitative estimate of drug-likeness (QED) is 0.140. The van der Waals surface area contributed by atoms with Gasteiger partial charge in [0.1, 0.15) is 24.2 Å². The molecule has 0 radical (unpaired) electrons.